The fraction of sp³-hybridized carbons (Fsp3) is 0.400. The van der Waals surface area contributed by atoms with Gasteiger partial charge in [-0.1, -0.05) is 6.92 Å². The molecule has 0 saturated heterocycles. The SMILES string of the molecule is CCOP(=O)(CC)Oc1ccc(O)cc1. The average Bonchev–Trinajstić information content (AvgIpc) is 2.22. The molecule has 0 aliphatic rings. The van der Waals surface area contributed by atoms with Crippen LogP contribution in [0.15, 0.2) is 24.3 Å². The monoisotopic (exact) mass is 230 g/mol. The summed E-state index contributed by atoms with van der Waals surface area (Å²) in [6.07, 6.45) is 0.321. The Bertz CT molecular complexity index is 347. The van der Waals surface area contributed by atoms with Crippen LogP contribution in [0, 0.1) is 0 Å². The van der Waals surface area contributed by atoms with Gasteiger partial charge in [0, 0.05) is 0 Å². The summed E-state index contributed by atoms with van der Waals surface area (Å²) in [4.78, 5) is 0. The molecule has 0 fully saturated rings. The highest BCUT2D eigenvalue weighted by molar-refractivity contribution is 7.54. The Morgan fingerprint density at radius 2 is 1.87 bits per heavy atom. The summed E-state index contributed by atoms with van der Waals surface area (Å²) in [6, 6.07) is 6.05. The Morgan fingerprint density at radius 1 is 1.27 bits per heavy atom. The fourth-order valence-corrected chi connectivity index (χ4v) is 2.25. The zero-order chi connectivity index (χ0) is 11.3. The van der Waals surface area contributed by atoms with Crippen LogP contribution >= 0.6 is 7.60 Å². The lowest BCUT2D eigenvalue weighted by molar-refractivity contribution is 0.280. The predicted octanol–water partition coefficient (Wildman–Crippen LogP) is 3.02. The van der Waals surface area contributed by atoms with Crippen molar-refractivity contribution in [3.8, 4) is 11.5 Å². The first kappa shape index (κ1) is 12.1. The lowest BCUT2D eigenvalue weighted by atomic mass is 10.3. The first-order valence-electron chi connectivity index (χ1n) is 4.82. The van der Waals surface area contributed by atoms with Gasteiger partial charge < -0.3 is 14.2 Å². The van der Waals surface area contributed by atoms with Gasteiger partial charge in [-0.15, -0.1) is 0 Å². The van der Waals surface area contributed by atoms with E-state index < -0.39 is 7.60 Å². The highest BCUT2D eigenvalue weighted by Crippen LogP contribution is 2.47. The third-order valence-corrected chi connectivity index (χ3v) is 3.71. The lowest BCUT2D eigenvalue weighted by Crippen LogP contribution is -2.00. The fourth-order valence-electron chi connectivity index (χ4n) is 1.05. The molecule has 1 N–H and O–H groups in total. The van der Waals surface area contributed by atoms with Gasteiger partial charge in [0.25, 0.3) is 0 Å². The maximum absolute atomic E-state index is 11.9. The highest BCUT2D eigenvalue weighted by Gasteiger charge is 2.22. The van der Waals surface area contributed by atoms with Crippen molar-refractivity contribution < 1.29 is 18.7 Å². The van der Waals surface area contributed by atoms with Gasteiger partial charge in [-0.25, -0.2) is 4.57 Å². The van der Waals surface area contributed by atoms with Crippen LogP contribution in [-0.4, -0.2) is 17.9 Å². The van der Waals surface area contributed by atoms with E-state index in [9.17, 15) is 4.57 Å². The molecule has 1 unspecified atom stereocenters. The van der Waals surface area contributed by atoms with Crippen LogP contribution in [0.5, 0.6) is 11.5 Å². The molecule has 1 atom stereocenters. The van der Waals surface area contributed by atoms with Crippen molar-refractivity contribution in [1.82, 2.24) is 0 Å². The van der Waals surface area contributed by atoms with E-state index >= 15 is 0 Å². The molecule has 5 heteroatoms. The molecule has 0 amide bonds. The smallest absolute Gasteiger partial charge is 0.378 e. The van der Waals surface area contributed by atoms with E-state index in [4.69, 9.17) is 14.2 Å². The van der Waals surface area contributed by atoms with Crippen LogP contribution in [0.3, 0.4) is 0 Å². The number of aromatic hydroxyl groups is 1. The maximum Gasteiger partial charge on any atom is 0.378 e. The Balaban J connectivity index is 2.75. The first-order chi connectivity index (χ1) is 7.09. The van der Waals surface area contributed by atoms with Crippen LogP contribution in [0.25, 0.3) is 0 Å². The zero-order valence-electron chi connectivity index (χ0n) is 8.84. The molecule has 0 aromatic heterocycles. The second-order valence-electron chi connectivity index (χ2n) is 2.93. The maximum atomic E-state index is 11.9. The molecular weight excluding hydrogens is 215 g/mol. The Hall–Kier alpha value is -0.990. The summed E-state index contributed by atoms with van der Waals surface area (Å²) < 4.78 is 22.3. The molecule has 4 nitrogen and oxygen atoms in total. The quantitative estimate of drug-likeness (QED) is 0.790. The van der Waals surface area contributed by atoms with Gasteiger partial charge in [-0.05, 0) is 31.2 Å². The number of benzene rings is 1. The highest BCUT2D eigenvalue weighted by atomic mass is 31.2. The second kappa shape index (κ2) is 5.19. The summed E-state index contributed by atoms with van der Waals surface area (Å²) in [5.74, 6) is 0.580. The zero-order valence-corrected chi connectivity index (χ0v) is 9.74. The van der Waals surface area contributed by atoms with Crippen LogP contribution < -0.4 is 4.52 Å². The van der Waals surface area contributed by atoms with Crippen molar-refractivity contribution in [2.24, 2.45) is 0 Å². The third kappa shape index (κ3) is 3.57. The minimum absolute atomic E-state index is 0.144. The molecule has 0 radical (unpaired) electrons. The van der Waals surface area contributed by atoms with Crippen LogP contribution in [0.2, 0.25) is 0 Å². The minimum atomic E-state index is -3.02. The molecule has 84 valence electrons. The largest absolute Gasteiger partial charge is 0.508 e. The van der Waals surface area contributed by atoms with Crippen LogP contribution in [0.1, 0.15) is 13.8 Å². The third-order valence-electron chi connectivity index (χ3n) is 1.79. The van der Waals surface area contributed by atoms with Crippen molar-refractivity contribution >= 4 is 7.60 Å². The van der Waals surface area contributed by atoms with E-state index in [2.05, 4.69) is 0 Å². The van der Waals surface area contributed by atoms with Gasteiger partial charge >= 0.3 is 7.60 Å². The van der Waals surface area contributed by atoms with Gasteiger partial charge in [-0.3, -0.25) is 0 Å². The van der Waals surface area contributed by atoms with Gasteiger partial charge in [0.05, 0.1) is 12.8 Å². The summed E-state index contributed by atoms with van der Waals surface area (Å²) >= 11 is 0. The van der Waals surface area contributed by atoms with Crippen molar-refractivity contribution in [1.29, 1.82) is 0 Å². The van der Waals surface area contributed by atoms with Crippen molar-refractivity contribution in [2.75, 3.05) is 12.8 Å². The molecule has 0 saturated carbocycles. The van der Waals surface area contributed by atoms with E-state index in [0.717, 1.165) is 0 Å². The van der Waals surface area contributed by atoms with E-state index in [-0.39, 0.29) is 5.75 Å². The van der Waals surface area contributed by atoms with Gasteiger partial charge in [0.15, 0.2) is 0 Å². The number of rotatable bonds is 5. The molecular formula is C10H15O4P. The molecule has 0 bridgehead atoms. The van der Waals surface area contributed by atoms with Gasteiger partial charge in [0.1, 0.15) is 11.5 Å². The predicted molar refractivity (Wildman–Crippen MR) is 58.5 cm³/mol. The summed E-state index contributed by atoms with van der Waals surface area (Å²) in [6.45, 7) is 3.86. The van der Waals surface area contributed by atoms with Crippen molar-refractivity contribution in [3.05, 3.63) is 24.3 Å². The number of hydrogen-bond acceptors (Lipinski definition) is 4. The minimum Gasteiger partial charge on any atom is -0.508 e. The van der Waals surface area contributed by atoms with Crippen LogP contribution in [-0.2, 0) is 9.09 Å². The molecule has 0 heterocycles. The second-order valence-corrected chi connectivity index (χ2v) is 5.23. The van der Waals surface area contributed by atoms with E-state index in [1.54, 1.807) is 26.0 Å². The average molecular weight is 230 g/mol. The molecule has 15 heavy (non-hydrogen) atoms. The standard InChI is InChI=1S/C10H15O4P/c1-3-13-15(12,4-2)14-10-7-5-9(11)6-8-10/h5-8,11H,3-4H2,1-2H3. The first-order valence-corrected chi connectivity index (χ1v) is 6.54. The molecule has 1 aromatic rings. The number of phenolic OH excluding ortho intramolecular Hbond substituents is 1. The molecule has 1 aromatic carbocycles. The molecule has 0 aliphatic heterocycles. The number of hydrogen-bond donors (Lipinski definition) is 1. The van der Waals surface area contributed by atoms with E-state index in [0.29, 0.717) is 18.5 Å². The summed E-state index contributed by atoms with van der Waals surface area (Å²) in [5, 5.41) is 9.06. The Labute approximate surface area is 89.4 Å². The Kier molecular flexibility index (Phi) is 4.18. The summed E-state index contributed by atoms with van der Waals surface area (Å²) in [7, 11) is -3.02. The van der Waals surface area contributed by atoms with E-state index in [1.807, 2.05) is 0 Å². The molecule has 0 aliphatic carbocycles. The summed E-state index contributed by atoms with van der Waals surface area (Å²) in [5.41, 5.74) is 0. The molecule has 1 rings (SSSR count). The lowest BCUT2D eigenvalue weighted by Gasteiger charge is -2.16. The van der Waals surface area contributed by atoms with Gasteiger partial charge in [-0.2, -0.15) is 0 Å². The van der Waals surface area contributed by atoms with Gasteiger partial charge in [0.2, 0.25) is 0 Å². The Morgan fingerprint density at radius 3 is 2.33 bits per heavy atom. The van der Waals surface area contributed by atoms with Crippen molar-refractivity contribution in [2.45, 2.75) is 13.8 Å². The van der Waals surface area contributed by atoms with Crippen molar-refractivity contribution in [3.63, 3.8) is 0 Å². The topological polar surface area (TPSA) is 55.8 Å². The molecule has 0 spiro atoms. The van der Waals surface area contributed by atoms with E-state index in [1.165, 1.54) is 12.1 Å². The number of phenols is 1. The normalized spacial score (nSPS) is 14.5. The van der Waals surface area contributed by atoms with Crippen LogP contribution in [0.4, 0.5) is 0 Å².